The maximum Gasteiger partial charge on any atom is 0.307 e. The zero-order chi connectivity index (χ0) is 16.7. The number of hydrogen-bond acceptors (Lipinski definition) is 4. The molecular weight excluding hydrogens is 298 g/mol. The number of anilines is 1. The lowest BCUT2D eigenvalue weighted by molar-refractivity contribution is -0.147. The van der Waals surface area contributed by atoms with Crippen LogP contribution in [0.1, 0.15) is 25.7 Å². The van der Waals surface area contributed by atoms with Gasteiger partial charge in [0.1, 0.15) is 12.4 Å². The molecule has 1 saturated carbocycles. The van der Waals surface area contributed by atoms with Gasteiger partial charge in [-0.05, 0) is 25.0 Å². The number of methoxy groups -OCH3 is 1. The molecule has 2 atom stereocenters. The van der Waals surface area contributed by atoms with E-state index >= 15 is 0 Å². The standard InChI is InChI=1S/C17H23NO5/c1-22-9-10-23-13-6-4-5-12(11-13)18-16(19)14-7-2-3-8-15(14)17(20)21/h4-6,11,14-15H,2-3,7-10H2,1H3,(H,18,19)(H,20,21)/t14-,15-/m0/s1. The number of ether oxygens (including phenoxy) is 2. The van der Waals surface area contributed by atoms with E-state index in [0.29, 0.717) is 37.5 Å². The zero-order valence-corrected chi connectivity index (χ0v) is 13.3. The first-order valence-corrected chi connectivity index (χ1v) is 7.87. The van der Waals surface area contributed by atoms with Crippen LogP contribution in [-0.4, -0.2) is 37.3 Å². The van der Waals surface area contributed by atoms with Gasteiger partial charge in [-0.2, -0.15) is 0 Å². The van der Waals surface area contributed by atoms with Crippen molar-refractivity contribution in [3.05, 3.63) is 24.3 Å². The van der Waals surface area contributed by atoms with E-state index in [1.54, 1.807) is 31.4 Å². The molecule has 2 N–H and O–H groups in total. The van der Waals surface area contributed by atoms with Crippen LogP contribution in [0.2, 0.25) is 0 Å². The summed E-state index contributed by atoms with van der Waals surface area (Å²) in [4.78, 5) is 23.7. The summed E-state index contributed by atoms with van der Waals surface area (Å²) in [5.41, 5.74) is 0.611. The molecule has 1 aliphatic carbocycles. The van der Waals surface area contributed by atoms with Crippen LogP contribution < -0.4 is 10.1 Å². The Hall–Kier alpha value is -2.08. The minimum atomic E-state index is -0.888. The number of rotatable bonds is 7. The summed E-state index contributed by atoms with van der Waals surface area (Å²) in [5.74, 6) is -1.55. The van der Waals surface area contributed by atoms with Gasteiger partial charge in [0.15, 0.2) is 0 Å². The second kappa shape index (κ2) is 8.53. The molecule has 0 heterocycles. The summed E-state index contributed by atoms with van der Waals surface area (Å²) in [6.07, 6.45) is 2.94. The van der Waals surface area contributed by atoms with Crippen molar-refractivity contribution >= 4 is 17.6 Å². The molecule has 2 rings (SSSR count). The van der Waals surface area contributed by atoms with Gasteiger partial charge in [0.05, 0.1) is 18.4 Å². The second-order valence-electron chi connectivity index (χ2n) is 5.69. The largest absolute Gasteiger partial charge is 0.491 e. The van der Waals surface area contributed by atoms with E-state index < -0.39 is 17.8 Å². The van der Waals surface area contributed by atoms with Crippen molar-refractivity contribution in [2.24, 2.45) is 11.8 Å². The predicted molar refractivity (Wildman–Crippen MR) is 85.5 cm³/mol. The Morgan fingerprint density at radius 3 is 2.65 bits per heavy atom. The highest BCUT2D eigenvalue weighted by Gasteiger charge is 2.35. The van der Waals surface area contributed by atoms with Gasteiger partial charge in [-0.25, -0.2) is 0 Å². The molecule has 0 unspecified atom stereocenters. The highest BCUT2D eigenvalue weighted by Crippen LogP contribution is 2.31. The summed E-state index contributed by atoms with van der Waals surface area (Å²) in [6.45, 7) is 0.913. The maximum atomic E-state index is 12.4. The molecule has 0 bridgehead atoms. The molecule has 1 aromatic rings. The monoisotopic (exact) mass is 321 g/mol. The topological polar surface area (TPSA) is 84.9 Å². The molecule has 1 fully saturated rings. The number of carbonyl (C=O) groups is 2. The summed E-state index contributed by atoms with van der Waals surface area (Å²) < 4.78 is 10.4. The predicted octanol–water partition coefficient (Wildman–Crippen LogP) is 2.54. The van der Waals surface area contributed by atoms with Crippen molar-refractivity contribution in [2.45, 2.75) is 25.7 Å². The van der Waals surface area contributed by atoms with Crippen molar-refractivity contribution in [3.63, 3.8) is 0 Å². The lowest BCUT2D eigenvalue weighted by Crippen LogP contribution is -2.36. The number of aliphatic carboxylic acids is 1. The molecule has 1 aliphatic rings. The molecule has 0 radical (unpaired) electrons. The smallest absolute Gasteiger partial charge is 0.307 e. The molecule has 126 valence electrons. The third kappa shape index (κ3) is 4.96. The van der Waals surface area contributed by atoms with Crippen LogP contribution in [0.4, 0.5) is 5.69 Å². The molecular formula is C17H23NO5. The Kier molecular flexibility index (Phi) is 6.40. The van der Waals surface area contributed by atoms with Crippen LogP contribution in [-0.2, 0) is 14.3 Å². The Labute approximate surface area is 135 Å². The van der Waals surface area contributed by atoms with E-state index in [1.165, 1.54) is 0 Å². The average Bonchev–Trinajstić information content (AvgIpc) is 2.55. The highest BCUT2D eigenvalue weighted by molar-refractivity contribution is 5.95. The number of amides is 1. The first-order chi connectivity index (χ1) is 11.1. The molecule has 1 amide bonds. The zero-order valence-electron chi connectivity index (χ0n) is 13.3. The molecule has 6 heteroatoms. The molecule has 1 aromatic carbocycles. The number of carboxylic acid groups (broad SMARTS) is 1. The lowest BCUT2D eigenvalue weighted by Gasteiger charge is -2.27. The van der Waals surface area contributed by atoms with Gasteiger partial charge in [0, 0.05) is 18.9 Å². The third-order valence-electron chi connectivity index (χ3n) is 4.08. The molecule has 0 aliphatic heterocycles. The van der Waals surface area contributed by atoms with E-state index in [1.807, 2.05) is 0 Å². The second-order valence-corrected chi connectivity index (χ2v) is 5.69. The van der Waals surface area contributed by atoms with Crippen LogP contribution in [0.15, 0.2) is 24.3 Å². The fourth-order valence-electron chi connectivity index (χ4n) is 2.88. The molecule has 6 nitrogen and oxygen atoms in total. The molecule has 0 saturated heterocycles. The van der Waals surface area contributed by atoms with E-state index in [9.17, 15) is 14.7 Å². The summed E-state index contributed by atoms with van der Waals surface area (Å²) in [6, 6.07) is 7.07. The third-order valence-corrected chi connectivity index (χ3v) is 4.08. The van der Waals surface area contributed by atoms with Crippen molar-refractivity contribution < 1.29 is 24.2 Å². The number of hydrogen-bond donors (Lipinski definition) is 2. The number of carbonyl (C=O) groups excluding carboxylic acids is 1. The molecule has 0 aromatic heterocycles. The maximum absolute atomic E-state index is 12.4. The number of carboxylic acids is 1. The van der Waals surface area contributed by atoms with Crippen LogP contribution in [0, 0.1) is 11.8 Å². The van der Waals surface area contributed by atoms with Crippen molar-refractivity contribution in [1.29, 1.82) is 0 Å². The minimum absolute atomic E-state index is 0.230. The molecule has 23 heavy (non-hydrogen) atoms. The minimum Gasteiger partial charge on any atom is -0.491 e. The van der Waals surface area contributed by atoms with Gasteiger partial charge in [0.25, 0.3) is 0 Å². The summed E-state index contributed by atoms with van der Waals surface area (Å²) >= 11 is 0. The number of nitrogens with one attached hydrogen (secondary N) is 1. The Morgan fingerprint density at radius 2 is 1.96 bits per heavy atom. The Morgan fingerprint density at radius 1 is 1.22 bits per heavy atom. The van der Waals surface area contributed by atoms with Gasteiger partial charge >= 0.3 is 5.97 Å². The van der Waals surface area contributed by atoms with E-state index in [2.05, 4.69) is 5.32 Å². The van der Waals surface area contributed by atoms with Crippen LogP contribution in [0.25, 0.3) is 0 Å². The van der Waals surface area contributed by atoms with Crippen LogP contribution in [0.3, 0.4) is 0 Å². The van der Waals surface area contributed by atoms with Gasteiger partial charge in [0.2, 0.25) is 5.91 Å². The Balaban J connectivity index is 1.98. The van der Waals surface area contributed by atoms with Crippen molar-refractivity contribution in [1.82, 2.24) is 0 Å². The first kappa shape index (κ1) is 17.3. The fraction of sp³-hybridized carbons (Fsp3) is 0.529. The molecule has 0 spiro atoms. The van der Waals surface area contributed by atoms with Crippen molar-refractivity contribution in [2.75, 3.05) is 25.6 Å². The lowest BCUT2D eigenvalue weighted by atomic mass is 9.78. The Bertz CT molecular complexity index is 546. The van der Waals surface area contributed by atoms with E-state index in [0.717, 1.165) is 12.8 Å². The SMILES string of the molecule is COCCOc1cccc(NC(=O)[C@H]2CCCC[C@@H]2C(=O)O)c1. The number of benzene rings is 1. The van der Waals surface area contributed by atoms with Gasteiger partial charge < -0.3 is 19.9 Å². The normalized spacial score (nSPS) is 20.7. The van der Waals surface area contributed by atoms with Crippen LogP contribution >= 0.6 is 0 Å². The van der Waals surface area contributed by atoms with E-state index in [4.69, 9.17) is 9.47 Å². The van der Waals surface area contributed by atoms with Gasteiger partial charge in [-0.3, -0.25) is 9.59 Å². The van der Waals surface area contributed by atoms with Crippen LogP contribution in [0.5, 0.6) is 5.75 Å². The van der Waals surface area contributed by atoms with Crippen molar-refractivity contribution in [3.8, 4) is 5.75 Å². The van der Waals surface area contributed by atoms with Gasteiger partial charge in [-0.15, -0.1) is 0 Å². The average molecular weight is 321 g/mol. The van der Waals surface area contributed by atoms with E-state index in [-0.39, 0.29) is 5.91 Å². The first-order valence-electron chi connectivity index (χ1n) is 7.87. The van der Waals surface area contributed by atoms with Gasteiger partial charge in [-0.1, -0.05) is 18.9 Å². The summed E-state index contributed by atoms with van der Waals surface area (Å²) in [5, 5.41) is 12.1. The summed E-state index contributed by atoms with van der Waals surface area (Å²) in [7, 11) is 1.60. The fourth-order valence-corrected chi connectivity index (χ4v) is 2.88. The highest BCUT2D eigenvalue weighted by atomic mass is 16.5. The quantitative estimate of drug-likeness (QED) is 0.754.